The van der Waals surface area contributed by atoms with Crippen LogP contribution in [0.2, 0.25) is 0 Å². The lowest BCUT2D eigenvalue weighted by atomic mass is 10.1. The van der Waals surface area contributed by atoms with E-state index in [1.807, 2.05) is 31.2 Å². The monoisotopic (exact) mass is 263 g/mol. The van der Waals surface area contributed by atoms with E-state index in [9.17, 15) is 4.79 Å². The van der Waals surface area contributed by atoms with E-state index < -0.39 is 0 Å². The van der Waals surface area contributed by atoms with Gasteiger partial charge in [-0.25, -0.2) is 0 Å². The maximum Gasteiger partial charge on any atom is 0.241 e. The fourth-order valence-corrected chi connectivity index (χ4v) is 2.29. The summed E-state index contributed by atoms with van der Waals surface area (Å²) in [6, 6.07) is 7.83. The van der Waals surface area contributed by atoms with Crippen molar-refractivity contribution in [2.24, 2.45) is 5.73 Å². The molecule has 0 fully saturated rings. The zero-order valence-corrected chi connectivity index (χ0v) is 12.3. The zero-order chi connectivity index (χ0) is 14.4. The van der Waals surface area contributed by atoms with E-state index in [1.165, 1.54) is 0 Å². The molecule has 0 aliphatic carbocycles. The summed E-state index contributed by atoms with van der Waals surface area (Å²) in [6.45, 7) is 9.47. The Bertz CT molecular complexity index is 418. The van der Waals surface area contributed by atoms with E-state index >= 15 is 0 Å². The minimum absolute atomic E-state index is 0.0106. The molecule has 1 aromatic rings. The van der Waals surface area contributed by atoms with Gasteiger partial charge in [-0.2, -0.15) is 0 Å². The Hall–Kier alpha value is -1.39. The SMILES string of the molecule is CCN(C(C)C)C(C)C(=O)Nc1ccccc1CN. The molecule has 0 spiro atoms. The molecule has 0 aliphatic heterocycles. The Morgan fingerprint density at radius 1 is 1.32 bits per heavy atom. The van der Waals surface area contributed by atoms with Gasteiger partial charge in [0, 0.05) is 18.3 Å². The van der Waals surface area contributed by atoms with Crippen molar-refractivity contribution in [2.75, 3.05) is 11.9 Å². The topological polar surface area (TPSA) is 58.4 Å². The Balaban J connectivity index is 2.78. The third kappa shape index (κ3) is 4.04. The van der Waals surface area contributed by atoms with Crippen LogP contribution in [-0.2, 0) is 11.3 Å². The number of rotatable bonds is 6. The van der Waals surface area contributed by atoms with Gasteiger partial charge in [-0.05, 0) is 38.9 Å². The number of amides is 1. The molecular weight excluding hydrogens is 238 g/mol. The molecule has 1 aromatic carbocycles. The molecule has 1 rings (SSSR count). The minimum atomic E-state index is -0.157. The normalized spacial score (nSPS) is 12.8. The van der Waals surface area contributed by atoms with Crippen LogP contribution in [0.15, 0.2) is 24.3 Å². The molecule has 0 heterocycles. The van der Waals surface area contributed by atoms with Gasteiger partial charge in [-0.15, -0.1) is 0 Å². The average Bonchev–Trinajstić information content (AvgIpc) is 2.39. The molecule has 0 bridgehead atoms. The fraction of sp³-hybridized carbons (Fsp3) is 0.533. The first-order valence-electron chi connectivity index (χ1n) is 6.85. The number of para-hydroxylation sites is 1. The van der Waals surface area contributed by atoms with Crippen LogP contribution >= 0.6 is 0 Å². The number of carbonyl (C=O) groups excluding carboxylic acids is 1. The highest BCUT2D eigenvalue weighted by Gasteiger charge is 2.22. The zero-order valence-electron chi connectivity index (χ0n) is 12.3. The van der Waals surface area contributed by atoms with Gasteiger partial charge in [-0.1, -0.05) is 25.1 Å². The van der Waals surface area contributed by atoms with Gasteiger partial charge in [0.05, 0.1) is 6.04 Å². The summed E-state index contributed by atoms with van der Waals surface area (Å²) in [5.74, 6) is 0.0106. The largest absolute Gasteiger partial charge is 0.326 e. The van der Waals surface area contributed by atoms with Crippen molar-refractivity contribution >= 4 is 11.6 Å². The number of hydrogen-bond donors (Lipinski definition) is 2. The molecule has 4 heteroatoms. The van der Waals surface area contributed by atoms with Crippen LogP contribution in [0.25, 0.3) is 0 Å². The van der Waals surface area contributed by atoms with Crippen molar-refractivity contribution in [3.8, 4) is 0 Å². The highest BCUT2D eigenvalue weighted by molar-refractivity contribution is 5.95. The molecule has 0 aromatic heterocycles. The number of nitrogens with two attached hydrogens (primary N) is 1. The standard InChI is InChI=1S/C15H25N3O/c1-5-18(11(2)3)12(4)15(19)17-14-9-7-6-8-13(14)10-16/h6-9,11-12H,5,10,16H2,1-4H3,(H,17,19). The Kier molecular flexibility index (Phi) is 5.99. The van der Waals surface area contributed by atoms with Crippen molar-refractivity contribution in [3.05, 3.63) is 29.8 Å². The highest BCUT2D eigenvalue weighted by atomic mass is 16.2. The molecule has 4 nitrogen and oxygen atoms in total. The van der Waals surface area contributed by atoms with Crippen molar-refractivity contribution in [1.29, 1.82) is 0 Å². The Labute approximate surface area is 116 Å². The molecule has 0 saturated heterocycles. The molecule has 0 radical (unpaired) electrons. The van der Waals surface area contributed by atoms with E-state index in [0.29, 0.717) is 12.6 Å². The number of benzene rings is 1. The summed E-state index contributed by atoms with van der Waals surface area (Å²) in [6.07, 6.45) is 0. The first-order chi connectivity index (χ1) is 9.01. The highest BCUT2D eigenvalue weighted by Crippen LogP contribution is 2.15. The lowest BCUT2D eigenvalue weighted by molar-refractivity contribution is -0.121. The predicted octanol–water partition coefficient (Wildman–Crippen LogP) is 2.20. The van der Waals surface area contributed by atoms with Crippen LogP contribution in [0, 0.1) is 0 Å². The smallest absolute Gasteiger partial charge is 0.241 e. The maximum absolute atomic E-state index is 12.3. The molecular formula is C15H25N3O. The Morgan fingerprint density at radius 2 is 1.95 bits per heavy atom. The van der Waals surface area contributed by atoms with Gasteiger partial charge < -0.3 is 11.1 Å². The first kappa shape index (κ1) is 15.7. The number of hydrogen-bond acceptors (Lipinski definition) is 3. The molecule has 1 amide bonds. The summed E-state index contributed by atoms with van der Waals surface area (Å²) in [7, 11) is 0. The number of carbonyl (C=O) groups is 1. The second-order valence-corrected chi connectivity index (χ2v) is 4.95. The third-order valence-corrected chi connectivity index (χ3v) is 3.40. The van der Waals surface area contributed by atoms with E-state index in [1.54, 1.807) is 0 Å². The third-order valence-electron chi connectivity index (χ3n) is 3.40. The quantitative estimate of drug-likeness (QED) is 0.827. The van der Waals surface area contributed by atoms with Gasteiger partial charge in [0.2, 0.25) is 5.91 Å². The number of nitrogens with one attached hydrogen (secondary N) is 1. The molecule has 3 N–H and O–H groups in total. The van der Waals surface area contributed by atoms with Gasteiger partial charge >= 0.3 is 0 Å². The van der Waals surface area contributed by atoms with Crippen LogP contribution in [0.3, 0.4) is 0 Å². The van der Waals surface area contributed by atoms with E-state index in [4.69, 9.17) is 5.73 Å². The van der Waals surface area contributed by atoms with Crippen molar-refractivity contribution in [2.45, 2.75) is 46.3 Å². The molecule has 19 heavy (non-hydrogen) atoms. The molecule has 0 saturated carbocycles. The summed E-state index contributed by atoms with van der Waals surface area (Å²) < 4.78 is 0. The van der Waals surface area contributed by atoms with E-state index in [2.05, 4.69) is 31.0 Å². The van der Waals surface area contributed by atoms with Crippen molar-refractivity contribution in [1.82, 2.24) is 4.90 Å². The van der Waals surface area contributed by atoms with E-state index in [0.717, 1.165) is 17.8 Å². The lowest BCUT2D eigenvalue weighted by Crippen LogP contribution is -2.45. The molecule has 0 aliphatic rings. The van der Waals surface area contributed by atoms with Crippen LogP contribution in [-0.4, -0.2) is 29.4 Å². The molecule has 1 atom stereocenters. The summed E-state index contributed by atoms with van der Waals surface area (Å²) in [4.78, 5) is 14.4. The number of anilines is 1. The van der Waals surface area contributed by atoms with E-state index in [-0.39, 0.29) is 11.9 Å². The summed E-state index contributed by atoms with van der Waals surface area (Å²) >= 11 is 0. The summed E-state index contributed by atoms with van der Waals surface area (Å²) in [5.41, 5.74) is 7.44. The number of nitrogens with zero attached hydrogens (tertiary/aromatic N) is 1. The molecule has 1 unspecified atom stereocenters. The van der Waals surface area contributed by atoms with Crippen LogP contribution in [0.1, 0.15) is 33.3 Å². The predicted molar refractivity (Wildman–Crippen MR) is 79.9 cm³/mol. The minimum Gasteiger partial charge on any atom is -0.326 e. The van der Waals surface area contributed by atoms with Gasteiger partial charge in [-0.3, -0.25) is 9.69 Å². The van der Waals surface area contributed by atoms with Crippen LogP contribution < -0.4 is 11.1 Å². The second-order valence-electron chi connectivity index (χ2n) is 4.95. The fourth-order valence-electron chi connectivity index (χ4n) is 2.29. The van der Waals surface area contributed by atoms with Gasteiger partial charge in [0.1, 0.15) is 0 Å². The second kappa shape index (κ2) is 7.26. The number of likely N-dealkylation sites (N-methyl/N-ethyl adjacent to an activating group) is 1. The van der Waals surface area contributed by atoms with Crippen LogP contribution in [0.4, 0.5) is 5.69 Å². The van der Waals surface area contributed by atoms with Gasteiger partial charge in [0.15, 0.2) is 0 Å². The van der Waals surface area contributed by atoms with Crippen LogP contribution in [0.5, 0.6) is 0 Å². The summed E-state index contributed by atoms with van der Waals surface area (Å²) in [5, 5.41) is 2.97. The average molecular weight is 263 g/mol. The lowest BCUT2D eigenvalue weighted by Gasteiger charge is -2.30. The first-order valence-corrected chi connectivity index (χ1v) is 6.85. The maximum atomic E-state index is 12.3. The van der Waals surface area contributed by atoms with Crippen molar-refractivity contribution in [3.63, 3.8) is 0 Å². The Morgan fingerprint density at radius 3 is 2.47 bits per heavy atom. The van der Waals surface area contributed by atoms with Gasteiger partial charge in [0.25, 0.3) is 0 Å². The van der Waals surface area contributed by atoms with Crippen molar-refractivity contribution < 1.29 is 4.79 Å². The molecule has 106 valence electrons.